The Kier molecular flexibility index (Phi) is 14.0. The molecule has 0 radical (unpaired) electrons. The number of thiol groups is 1. The first-order chi connectivity index (χ1) is 24.4. The summed E-state index contributed by atoms with van der Waals surface area (Å²) in [5, 5.41) is 12.2. The van der Waals surface area contributed by atoms with E-state index in [1.807, 2.05) is 70.2 Å². The number of ketones is 1. The maximum atomic E-state index is 13.9. The number of amides is 2. The number of aromatic nitrogens is 3. The SMILES string of the molecule is COCCOCCNC(=O)CCCCC(=O)N1Cc2ccccc2-c2nnn(Cc3ccc(C[C@H](N[SH]=P)C(C)=O)cc3)c2-c2ccccc21. The van der Waals surface area contributed by atoms with Crippen LogP contribution in [0.3, 0.4) is 0 Å². The summed E-state index contributed by atoms with van der Waals surface area (Å²) in [5.41, 5.74) is 7.31. The maximum Gasteiger partial charge on any atom is 0.227 e. The van der Waals surface area contributed by atoms with Crippen molar-refractivity contribution in [2.75, 3.05) is 38.4 Å². The van der Waals surface area contributed by atoms with Gasteiger partial charge in [-0.3, -0.25) is 19.1 Å². The summed E-state index contributed by atoms with van der Waals surface area (Å²) in [6.07, 6.45) is 2.46. The summed E-state index contributed by atoms with van der Waals surface area (Å²) in [4.78, 5) is 40.1. The standard InChI is InChI=1S/C37H45N6O5PS/c1-26(44)32(40-50-49)23-27-15-17-28(18-16-27)24-43-37-31-11-5-6-12-33(31)42(25-29-9-3-4-10-30(29)36(37)39-41-43)35(46)14-8-7-13-34(45)38-19-20-48-22-21-47-2/h3-6,9-12,15-18,32,40,49-50H,7-8,13-14,19-25H2,1-2H3,(H,38,45)/t32-/m0/s1. The molecule has 2 N–H and O–H groups in total. The van der Waals surface area contributed by atoms with E-state index in [4.69, 9.17) is 9.47 Å². The van der Waals surface area contributed by atoms with E-state index in [0.717, 1.165) is 56.0 Å². The smallest absolute Gasteiger partial charge is 0.227 e. The number of hydrogen-bond donors (Lipinski definition) is 3. The lowest BCUT2D eigenvalue weighted by Crippen LogP contribution is -2.34. The van der Waals surface area contributed by atoms with Crippen molar-refractivity contribution >= 4 is 42.4 Å². The Balaban J connectivity index is 1.32. The van der Waals surface area contributed by atoms with Crippen LogP contribution in [0, 0.1) is 0 Å². The molecule has 13 heteroatoms. The Morgan fingerprint density at radius 1 is 0.920 bits per heavy atom. The van der Waals surface area contributed by atoms with Gasteiger partial charge in [-0.2, -0.15) is 0 Å². The van der Waals surface area contributed by atoms with Crippen molar-refractivity contribution in [1.82, 2.24) is 25.0 Å². The first-order valence-corrected chi connectivity index (χ1v) is 19.1. The lowest BCUT2D eigenvalue weighted by Gasteiger charge is -2.29. The fraction of sp³-hybridized carbons (Fsp3) is 0.378. The minimum atomic E-state index is -0.265. The number of ether oxygens (including phenoxy) is 2. The topological polar surface area (TPSA) is 128 Å². The number of nitrogens with one attached hydrogen (secondary N) is 2. The molecular formula is C37H45N6O5PS. The number of rotatable bonds is 18. The number of anilines is 1. The first kappa shape index (κ1) is 37.2. The van der Waals surface area contributed by atoms with Crippen LogP contribution >= 0.6 is 8.02 Å². The Morgan fingerprint density at radius 2 is 1.64 bits per heavy atom. The van der Waals surface area contributed by atoms with Gasteiger partial charge in [0.1, 0.15) is 11.5 Å². The summed E-state index contributed by atoms with van der Waals surface area (Å²) in [6.45, 7) is 4.36. The number of nitrogens with zero attached hydrogens (tertiary/aromatic N) is 4. The Labute approximate surface area is 299 Å². The summed E-state index contributed by atoms with van der Waals surface area (Å²) >= 11 is 0.778. The van der Waals surface area contributed by atoms with E-state index in [0.29, 0.717) is 71.6 Å². The number of Topliss-reactive ketones (excluding diaryl/α,β-unsaturated/α-hetero) is 1. The summed E-state index contributed by atoms with van der Waals surface area (Å²) in [7, 11) is 5.00. The van der Waals surface area contributed by atoms with Crippen molar-refractivity contribution in [2.45, 2.75) is 58.2 Å². The van der Waals surface area contributed by atoms with Gasteiger partial charge in [-0.25, -0.2) is 4.68 Å². The van der Waals surface area contributed by atoms with E-state index in [2.05, 4.69) is 40.5 Å². The fourth-order valence-electron chi connectivity index (χ4n) is 5.99. The van der Waals surface area contributed by atoms with Crippen LogP contribution in [-0.2, 0) is 54.5 Å². The Bertz CT molecular complexity index is 1780. The van der Waals surface area contributed by atoms with Gasteiger partial charge < -0.3 is 19.7 Å². The van der Waals surface area contributed by atoms with Gasteiger partial charge in [-0.15, -0.1) is 16.2 Å². The van der Waals surface area contributed by atoms with Crippen LogP contribution in [0.1, 0.15) is 49.3 Å². The zero-order chi connectivity index (χ0) is 35.3. The molecular weight excluding hydrogens is 671 g/mol. The molecule has 1 atom stereocenters. The highest BCUT2D eigenvalue weighted by molar-refractivity contribution is 8.00. The molecule has 0 unspecified atom stereocenters. The second-order valence-corrected chi connectivity index (χ2v) is 13.3. The van der Waals surface area contributed by atoms with Crippen molar-refractivity contribution in [1.29, 1.82) is 0 Å². The molecule has 3 aromatic carbocycles. The number of unbranched alkanes of at least 4 members (excludes halogenated alkanes) is 1. The summed E-state index contributed by atoms with van der Waals surface area (Å²) in [6, 6.07) is 23.9. The van der Waals surface area contributed by atoms with Crippen LogP contribution in [0.4, 0.5) is 5.69 Å². The van der Waals surface area contributed by atoms with Crippen LogP contribution in [0.25, 0.3) is 22.5 Å². The third-order valence-electron chi connectivity index (χ3n) is 8.64. The number of fused-ring (bicyclic) bond motifs is 5. The van der Waals surface area contributed by atoms with Crippen LogP contribution in [0.15, 0.2) is 72.8 Å². The van der Waals surface area contributed by atoms with Gasteiger partial charge in [-0.05, 0) is 48.9 Å². The molecule has 264 valence electrons. The monoisotopic (exact) mass is 716 g/mol. The van der Waals surface area contributed by atoms with Crippen molar-refractivity contribution in [2.24, 2.45) is 0 Å². The highest BCUT2D eigenvalue weighted by atomic mass is 32.5. The predicted molar refractivity (Wildman–Crippen MR) is 200 cm³/mol. The highest BCUT2D eigenvalue weighted by Crippen LogP contribution is 2.41. The highest BCUT2D eigenvalue weighted by Gasteiger charge is 2.29. The molecule has 2 heterocycles. The zero-order valence-electron chi connectivity index (χ0n) is 28.6. The van der Waals surface area contributed by atoms with E-state index in [1.54, 1.807) is 14.0 Å². The number of carbonyl (C=O) groups is 3. The molecule has 0 bridgehead atoms. The molecule has 1 aliphatic heterocycles. The van der Waals surface area contributed by atoms with Gasteiger partial charge in [0.25, 0.3) is 0 Å². The van der Waals surface area contributed by atoms with Crippen molar-refractivity contribution in [3.05, 3.63) is 89.5 Å². The number of methoxy groups -OCH3 is 1. The summed E-state index contributed by atoms with van der Waals surface area (Å²) in [5.74, 6) is 0.0362. The molecule has 1 aromatic heterocycles. The Hall–Kier alpha value is -4.06. The van der Waals surface area contributed by atoms with Crippen LogP contribution in [-0.4, -0.2) is 72.1 Å². The van der Waals surface area contributed by atoms with E-state index >= 15 is 0 Å². The Morgan fingerprint density at radius 3 is 2.40 bits per heavy atom. The van der Waals surface area contributed by atoms with Crippen LogP contribution in [0.2, 0.25) is 0 Å². The molecule has 4 aromatic rings. The summed E-state index contributed by atoms with van der Waals surface area (Å²) < 4.78 is 15.4. The van der Waals surface area contributed by atoms with E-state index < -0.39 is 0 Å². The van der Waals surface area contributed by atoms with Gasteiger partial charge >= 0.3 is 0 Å². The van der Waals surface area contributed by atoms with E-state index in [1.165, 1.54) is 0 Å². The number of hydrogen-bond acceptors (Lipinski definition) is 7. The largest absolute Gasteiger partial charge is 0.382 e. The second kappa shape index (κ2) is 18.8. The molecule has 0 saturated carbocycles. The molecule has 1 aliphatic rings. The first-order valence-electron chi connectivity index (χ1n) is 16.8. The third kappa shape index (κ3) is 9.80. The molecule has 50 heavy (non-hydrogen) atoms. The molecule has 0 saturated heterocycles. The zero-order valence-corrected chi connectivity index (χ0v) is 30.5. The maximum absolute atomic E-state index is 13.9. The van der Waals surface area contributed by atoms with Crippen molar-refractivity contribution in [3.8, 4) is 22.5 Å². The lowest BCUT2D eigenvalue weighted by molar-refractivity contribution is -0.122. The van der Waals surface area contributed by atoms with Gasteiger partial charge in [0.05, 0.1) is 50.3 Å². The fourth-order valence-corrected chi connectivity index (χ4v) is 6.88. The minimum Gasteiger partial charge on any atom is -0.382 e. The average molecular weight is 717 g/mol. The number of carbonyl (C=O) groups excluding carboxylic acids is 3. The number of para-hydroxylation sites is 1. The average Bonchev–Trinajstić information content (AvgIpc) is 3.52. The molecule has 0 aliphatic carbocycles. The normalized spacial score (nSPS) is 12.6. The predicted octanol–water partition coefficient (Wildman–Crippen LogP) is 4.72. The van der Waals surface area contributed by atoms with Crippen LogP contribution in [0.5, 0.6) is 0 Å². The quantitative estimate of drug-likeness (QED) is 0.0768. The van der Waals surface area contributed by atoms with Gasteiger partial charge in [0.15, 0.2) is 0 Å². The van der Waals surface area contributed by atoms with Crippen molar-refractivity contribution in [3.63, 3.8) is 0 Å². The third-order valence-corrected chi connectivity index (χ3v) is 9.47. The molecule has 2 amide bonds. The van der Waals surface area contributed by atoms with Gasteiger partial charge in [0, 0.05) is 37.6 Å². The molecule has 0 spiro atoms. The molecule has 11 nitrogen and oxygen atoms in total. The number of benzene rings is 3. The van der Waals surface area contributed by atoms with Gasteiger partial charge in [-0.1, -0.05) is 80.0 Å². The van der Waals surface area contributed by atoms with E-state index in [-0.39, 0.29) is 23.6 Å². The van der Waals surface area contributed by atoms with Gasteiger partial charge in [0.2, 0.25) is 11.8 Å². The van der Waals surface area contributed by atoms with Crippen LogP contribution < -0.4 is 14.9 Å². The second-order valence-electron chi connectivity index (χ2n) is 12.2. The molecule has 5 rings (SSSR count). The van der Waals surface area contributed by atoms with E-state index in [9.17, 15) is 14.4 Å². The van der Waals surface area contributed by atoms with Crippen molar-refractivity contribution < 1.29 is 23.9 Å². The lowest BCUT2D eigenvalue weighted by atomic mass is 9.95. The molecule has 0 fully saturated rings. The minimum absolute atomic E-state index is 0.00474.